The third-order valence-electron chi connectivity index (χ3n) is 9.75. The van der Waals surface area contributed by atoms with Crippen LogP contribution >= 0.6 is 34.9 Å². The van der Waals surface area contributed by atoms with Crippen molar-refractivity contribution in [2.75, 3.05) is 18.0 Å². The van der Waals surface area contributed by atoms with E-state index in [4.69, 9.17) is 0 Å². The highest BCUT2D eigenvalue weighted by Gasteiger charge is 2.43. The van der Waals surface area contributed by atoms with Crippen molar-refractivity contribution in [1.82, 2.24) is 4.57 Å². The van der Waals surface area contributed by atoms with Crippen LogP contribution in [0.1, 0.15) is 80.5 Å². The van der Waals surface area contributed by atoms with Gasteiger partial charge in [-0.3, -0.25) is 9.36 Å². The monoisotopic (exact) mass is 678 g/mol. The number of hydrogen-bond donors (Lipinski definition) is 0. The highest BCUT2D eigenvalue weighted by Crippen LogP contribution is 2.50. The minimum Gasteiger partial charge on any atom is -0.335 e. The Balaban J connectivity index is 1.34. The number of allylic oxidation sites excluding steroid dienone is 1. The van der Waals surface area contributed by atoms with Crippen molar-refractivity contribution in [2.24, 2.45) is 0 Å². The molecule has 242 valence electrons. The normalized spacial score (nSPS) is 21.1. The van der Waals surface area contributed by atoms with Crippen LogP contribution in [0.3, 0.4) is 0 Å². The molecule has 1 aliphatic carbocycles. The lowest BCUT2D eigenvalue weighted by molar-refractivity contribution is -0.562. The number of anilines is 1. The minimum atomic E-state index is 0.129. The van der Waals surface area contributed by atoms with Crippen LogP contribution in [0, 0.1) is 0 Å². The lowest BCUT2D eigenvalue weighted by Gasteiger charge is -2.21. The van der Waals surface area contributed by atoms with Gasteiger partial charge in [-0.15, -0.1) is 11.3 Å². The summed E-state index contributed by atoms with van der Waals surface area (Å²) >= 11 is 5.50. The van der Waals surface area contributed by atoms with E-state index in [1.54, 1.807) is 16.9 Å². The van der Waals surface area contributed by atoms with Crippen molar-refractivity contribution in [3.05, 3.63) is 126 Å². The van der Waals surface area contributed by atoms with E-state index in [0.29, 0.717) is 6.54 Å². The molecular weight excluding hydrogens is 635 g/mol. The molecule has 0 N–H and O–H groups in total. The summed E-state index contributed by atoms with van der Waals surface area (Å²) in [6.07, 6.45) is 10.3. The van der Waals surface area contributed by atoms with E-state index in [-0.39, 0.29) is 16.9 Å². The van der Waals surface area contributed by atoms with Crippen molar-refractivity contribution in [2.45, 2.75) is 82.5 Å². The summed E-state index contributed by atoms with van der Waals surface area (Å²) in [6, 6.07) is 26.7. The molecule has 47 heavy (non-hydrogen) atoms. The van der Waals surface area contributed by atoms with Crippen molar-refractivity contribution in [3.8, 4) is 0 Å². The van der Waals surface area contributed by atoms with E-state index in [1.807, 2.05) is 28.1 Å². The van der Waals surface area contributed by atoms with Crippen molar-refractivity contribution in [3.63, 3.8) is 0 Å². The largest absolute Gasteiger partial charge is 0.335 e. The molecule has 2 aliphatic heterocycles. The number of thioether (sulfide) groups is 2. The summed E-state index contributed by atoms with van der Waals surface area (Å²) in [5.41, 5.74) is 8.32. The molecule has 4 nitrogen and oxygen atoms in total. The van der Waals surface area contributed by atoms with Gasteiger partial charge >= 0.3 is 0 Å². The molecule has 0 radical (unpaired) electrons. The van der Waals surface area contributed by atoms with Gasteiger partial charge in [-0.05, 0) is 99.0 Å². The molecule has 4 aromatic rings. The van der Waals surface area contributed by atoms with Gasteiger partial charge in [0, 0.05) is 23.5 Å². The van der Waals surface area contributed by atoms with Crippen LogP contribution in [0.4, 0.5) is 5.69 Å². The Morgan fingerprint density at radius 1 is 0.894 bits per heavy atom. The molecule has 0 saturated carbocycles. The topological polar surface area (TPSA) is 28.2 Å². The van der Waals surface area contributed by atoms with E-state index in [1.165, 1.54) is 63.0 Å². The van der Waals surface area contributed by atoms with Crippen LogP contribution < -0.4 is 19.7 Å². The van der Waals surface area contributed by atoms with Crippen LogP contribution in [-0.4, -0.2) is 27.3 Å². The standard InChI is InChI=1S/C40H44N3OS3/c1-5-27(25-33-41(6-2)32-24-23-28-17-15-16-22-31(28)39(32)47-33)38-40(44)43(8-4)35(46-38)26-34-42(7-3)36(29-18-11-9-12-19-29)37(45-34)30-20-13-10-14-21-30/h9-14,18-21,23-26,36-37H,5-8,15-17,22H2,1-4H3/q+1/b33-25-,38-27-/t36-,37-/m1/s1. The summed E-state index contributed by atoms with van der Waals surface area (Å²) < 4.78 is 6.41. The minimum absolute atomic E-state index is 0.129. The van der Waals surface area contributed by atoms with Crippen molar-refractivity contribution >= 4 is 57.2 Å². The highest BCUT2D eigenvalue weighted by atomic mass is 32.2. The number of aromatic nitrogens is 1. The number of benzene rings is 3. The lowest BCUT2D eigenvalue weighted by Crippen LogP contribution is -2.32. The Morgan fingerprint density at radius 3 is 2.30 bits per heavy atom. The van der Waals surface area contributed by atoms with E-state index in [0.717, 1.165) is 34.3 Å². The molecule has 0 amide bonds. The van der Waals surface area contributed by atoms with Crippen molar-refractivity contribution in [1.29, 1.82) is 0 Å². The first-order valence-electron chi connectivity index (χ1n) is 17.2. The third kappa shape index (κ3) is 6.00. The number of rotatable bonds is 8. The van der Waals surface area contributed by atoms with Gasteiger partial charge < -0.3 is 4.90 Å². The van der Waals surface area contributed by atoms with E-state index in [9.17, 15) is 4.79 Å². The van der Waals surface area contributed by atoms with Gasteiger partial charge in [-0.25, -0.2) is 4.58 Å². The SMILES string of the molecule is CCC(/C=C1\Sc2c(ccc3c2CCCC3)N1CC)=c1/sc(=CC2=[N+](CC)[C@H](c3ccccc3)[C@@H](c3ccccc3)S2)n(CC)c1=O. The molecule has 3 aromatic carbocycles. The number of nitrogens with zero attached hydrogens (tertiary/aromatic N) is 3. The number of aryl methyl sites for hydroxylation is 1. The van der Waals surface area contributed by atoms with E-state index < -0.39 is 0 Å². The Bertz CT molecular complexity index is 2020. The number of likely N-dealkylation sites (N-methyl/N-ethyl adjacent to an activating group) is 1. The summed E-state index contributed by atoms with van der Waals surface area (Å²) in [6.45, 7) is 11.2. The predicted molar refractivity (Wildman–Crippen MR) is 203 cm³/mol. The second-order valence-electron chi connectivity index (χ2n) is 12.4. The zero-order valence-electron chi connectivity index (χ0n) is 27.9. The molecule has 0 bridgehead atoms. The molecule has 3 aliphatic rings. The van der Waals surface area contributed by atoms with Crippen molar-refractivity contribution < 1.29 is 4.58 Å². The molecule has 3 heterocycles. The first kappa shape index (κ1) is 32.3. The average molecular weight is 679 g/mol. The van der Waals surface area contributed by atoms with E-state index in [2.05, 4.69) is 122 Å². The molecule has 7 heteroatoms. The maximum absolute atomic E-state index is 14.1. The molecule has 2 atom stereocenters. The summed E-state index contributed by atoms with van der Waals surface area (Å²) in [5.74, 6) is 0. The van der Waals surface area contributed by atoms with E-state index >= 15 is 0 Å². The fraction of sp³-hybridized carbons (Fsp3) is 0.350. The first-order chi connectivity index (χ1) is 23.1. The fourth-order valence-electron chi connectivity index (χ4n) is 7.37. The Labute approximate surface area is 291 Å². The number of hydrogen-bond acceptors (Lipinski definition) is 5. The molecule has 0 saturated heterocycles. The zero-order valence-corrected chi connectivity index (χ0v) is 30.3. The van der Waals surface area contributed by atoms with Gasteiger partial charge in [-0.2, -0.15) is 0 Å². The van der Waals surface area contributed by atoms with Gasteiger partial charge in [-0.1, -0.05) is 85.4 Å². The lowest BCUT2D eigenvalue weighted by atomic mass is 9.91. The maximum Gasteiger partial charge on any atom is 0.269 e. The Kier molecular flexibility index (Phi) is 9.67. The third-order valence-corrected chi connectivity index (χ3v) is 13.5. The summed E-state index contributed by atoms with van der Waals surface area (Å²) in [5, 5.41) is 2.74. The quantitative estimate of drug-likeness (QED) is 0.176. The predicted octanol–water partition coefficient (Wildman–Crippen LogP) is 8.28. The first-order valence-corrected chi connectivity index (χ1v) is 19.7. The summed E-state index contributed by atoms with van der Waals surface area (Å²) in [4.78, 5) is 18.0. The van der Waals surface area contributed by atoms with Crippen LogP contribution in [-0.2, 0) is 19.4 Å². The van der Waals surface area contributed by atoms with Crippen LogP contribution in [0.5, 0.6) is 0 Å². The average Bonchev–Trinajstić information content (AvgIpc) is 3.78. The maximum atomic E-state index is 14.1. The molecule has 7 rings (SSSR count). The molecule has 0 spiro atoms. The Morgan fingerprint density at radius 2 is 1.62 bits per heavy atom. The van der Waals surface area contributed by atoms with Crippen LogP contribution in [0.25, 0.3) is 11.6 Å². The fourth-order valence-corrected chi connectivity index (χ4v) is 11.6. The van der Waals surface area contributed by atoms with Gasteiger partial charge in [0.05, 0.1) is 21.3 Å². The van der Waals surface area contributed by atoms with Gasteiger partial charge in [0.25, 0.3) is 5.56 Å². The second-order valence-corrected chi connectivity index (χ2v) is 15.6. The Hall–Kier alpha value is -3.26. The molecule has 0 unspecified atom stereocenters. The molecular formula is C40H44N3OS3+. The van der Waals surface area contributed by atoms with Gasteiger partial charge in [0.15, 0.2) is 6.04 Å². The highest BCUT2D eigenvalue weighted by molar-refractivity contribution is 8.15. The molecule has 1 aromatic heterocycles. The van der Waals surface area contributed by atoms with Crippen LogP contribution in [0.2, 0.25) is 0 Å². The number of thiazole rings is 1. The molecule has 0 fully saturated rings. The van der Waals surface area contributed by atoms with Gasteiger partial charge in [0.2, 0.25) is 5.04 Å². The second kappa shape index (κ2) is 14.1. The zero-order chi connectivity index (χ0) is 32.5. The number of fused-ring (bicyclic) bond motifs is 3. The smallest absolute Gasteiger partial charge is 0.269 e. The van der Waals surface area contributed by atoms with Crippen LogP contribution in [0.15, 0.2) is 93.6 Å². The van der Waals surface area contributed by atoms with Gasteiger partial charge in [0.1, 0.15) is 16.5 Å². The summed E-state index contributed by atoms with van der Waals surface area (Å²) in [7, 11) is 0.